The fraction of sp³-hybridized carbons (Fsp3) is 0.417. The van der Waals surface area contributed by atoms with Crippen molar-refractivity contribution in [1.29, 1.82) is 0 Å². The Balaban J connectivity index is 2.20. The summed E-state index contributed by atoms with van der Waals surface area (Å²) in [6, 6.07) is 6.07. The fourth-order valence-electron chi connectivity index (χ4n) is 1.84. The molecule has 4 nitrogen and oxygen atoms in total. The van der Waals surface area contributed by atoms with Crippen LogP contribution >= 0.6 is 0 Å². The van der Waals surface area contributed by atoms with Crippen LogP contribution in [0.5, 0.6) is 0 Å². The Morgan fingerprint density at radius 3 is 2.41 bits per heavy atom. The van der Waals surface area contributed by atoms with Crippen LogP contribution in [0.2, 0.25) is 0 Å². The Hall–Kier alpha value is -1.20. The van der Waals surface area contributed by atoms with Gasteiger partial charge in [0.25, 0.3) is 0 Å². The highest BCUT2D eigenvalue weighted by Gasteiger charge is 2.24. The average molecular weight is 254 g/mol. The molecular formula is C12H14O4S. The first-order chi connectivity index (χ1) is 7.98. The largest absolute Gasteiger partial charge is 0.381 e. The third-order valence-corrected chi connectivity index (χ3v) is 4.00. The average Bonchev–Trinajstić information content (AvgIpc) is 2.80. The maximum atomic E-state index is 12.0. The topological polar surface area (TPSA) is 60.4 Å². The fourth-order valence-corrected chi connectivity index (χ4v) is 2.47. The summed E-state index contributed by atoms with van der Waals surface area (Å²) >= 11 is 0. The Bertz CT molecular complexity index is 510. The summed E-state index contributed by atoms with van der Waals surface area (Å²) < 4.78 is 27.7. The number of rotatable bonds is 3. The van der Waals surface area contributed by atoms with Gasteiger partial charge in [-0.25, -0.2) is 8.42 Å². The molecule has 1 aliphatic rings. The molecule has 1 atom stereocenters. The predicted molar refractivity (Wildman–Crippen MR) is 62.8 cm³/mol. The van der Waals surface area contributed by atoms with E-state index in [4.69, 9.17) is 4.74 Å². The first-order valence-electron chi connectivity index (χ1n) is 5.40. The molecule has 0 amide bonds. The molecule has 0 bridgehead atoms. The van der Waals surface area contributed by atoms with Gasteiger partial charge in [0.15, 0.2) is 15.6 Å². The molecule has 0 aliphatic carbocycles. The third kappa shape index (κ3) is 2.73. The second-order valence-corrected chi connectivity index (χ2v) is 6.24. The number of hydrogen-bond acceptors (Lipinski definition) is 4. The van der Waals surface area contributed by atoms with Gasteiger partial charge in [-0.3, -0.25) is 4.79 Å². The molecule has 1 aromatic rings. The van der Waals surface area contributed by atoms with Crippen LogP contribution in [0, 0.1) is 5.92 Å². The summed E-state index contributed by atoms with van der Waals surface area (Å²) in [6.45, 7) is 1.09. The van der Waals surface area contributed by atoms with Crippen molar-refractivity contribution < 1.29 is 17.9 Å². The van der Waals surface area contributed by atoms with E-state index >= 15 is 0 Å². The van der Waals surface area contributed by atoms with Gasteiger partial charge < -0.3 is 4.74 Å². The summed E-state index contributed by atoms with van der Waals surface area (Å²) in [4.78, 5) is 12.2. The van der Waals surface area contributed by atoms with Crippen molar-refractivity contribution in [3.63, 3.8) is 0 Å². The highest BCUT2D eigenvalue weighted by molar-refractivity contribution is 7.90. The van der Waals surface area contributed by atoms with E-state index in [-0.39, 0.29) is 16.6 Å². The minimum absolute atomic E-state index is 0.0301. The second kappa shape index (κ2) is 4.58. The van der Waals surface area contributed by atoms with E-state index in [0.29, 0.717) is 18.8 Å². The Kier molecular flexibility index (Phi) is 3.31. The van der Waals surface area contributed by atoms with Crippen molar-refractivity contribution in [3.8, 4) is 0 Å². The number of ketones is 1. The summed E-state index contributed by atoms with van der Waals surface area (Å²) in [5, 5.41) is 0. The van der Waals surface area contributed by atoms with Gasteiger partial charge in [0.05, 0.1) is 11.5 Å². The van der Waals surface area contributed by atoms with Crippen molar-refractivity contribution in [3.05, 3.63) is 29.8 Å². The Morgan fingerprint density at radius 1 is 1.29 bits per heavy atom. The summed E-state index contributed by atoms with van der Waals surface area (Å²) in [7, 11) is -3.20. The maximum Gasteiger partial charge on any atom is 0.175 e. The van der Waals surface area contributed by atoms with Gasteiger partial charge in [-0.05, 0) is 18.6 Å². The van der Waals surface area contributed by atoms with Gasteiger partial charge in [-0.1, -0.05) is 12.1 Å². The van der Waals surface area contributed by atoms with E-state index in [0.717, 1.165) is 12.7 Å². The van der Waals surface area contributed by atoms with Crippen LogP contribution in [0.1, 0.15) is 16.8 Å². The molecule has 17 heavy (non-hydrogen) atoms. The monoisotopic (exact) mass is 254 g/mol. The van der Waals surface area contributed by atoms with Gasteiger partial charge in [0.2, 0.25) is 0 Å². The van der Waals surface area contributed by atoms with Gasteiger partial charge >= 0.3 is 0 Å². The highest BCUT2D eigenvalue weighted by atomic mass is 32.2. The van der Waals surface area contributed by atoms with E-state index in [1.165, 1.54) is 12.1 Å². The Labute approximate surface area is 101 Å². The minimum atomic E-state index is -3.20. The first kappa shape index (κ1) is 12.3. The quantitative estimate of drug-likeness (QED) is 0.763. The molecule has 0 spiro atoms. The van der Waals surface area contributed by atoms with Crippen LogP contribution in [0.15, 0.2) is 29.2 Å². The number of Topliss-reactive ketones (excluding diaryl/α,β-unsaturated/α-hetero) is 1. The number of hydrogen-bond donors (Lipinski definition) is 0. The molecule has 1 aliphatic heterocycles. The molecule has 1 saturated heterocycles. The molecule has 0 N–H and O–H groups in total. The standard InChI is InChI=1S/C12H14O4S/c1-17(14,15)11-4-2-9(3-5-11)12(13)10-6-7-16-8-10/h2-5,10H,6-8H2,1H3. The molecule has 0 radical (unpaired) electrons. The molecule has 2 rings (SSSR count). The lowest BCUT2D eigenvalue weighted by molar-refractivity contribution is 0.0900. The molecule has 1 heterocycles. The van der Waals surface area contributed by atoms with Crippen molar-refractivity contribution in [2.24, 2.45) is 5.92 Å². The molecule has 5 heteroatoms. The van der Waals surface area contributed by atoms with Crippen LogP contribution in [0.3, 0.4) is 0 Å². The van der Waals surface area contributed by atoms with Crippen LogP contribution in [-0.2, 0) is 14.6 Å². The molecule has 92 valence electrons. The van der Waals surface area contributed by atoms with Gasteiger partial charge in [-0.2, -0.15) is 0 Å². The number of ether oxygens (including phenoxy) is 1. The maximum absolute atomic E-state index is 12.0. The van der Waals surface area contributed by atoms with Crippen LogP contribution in [0.4, 0.5) is 0 Å². The van der Waals surface area contributed by atoms with Crippen molar-refractivity contribution in [2.75, 3.05) is 19.5 Å². The van der Waals surface area contributed by atoms with Crippen molar-refractivity contribution in [2.45, 2.75) is 11.3 Å². The summed E-state index contributed by atoms with van der Waals surface area (Å²) in [6.07, 6.45) is 1.89. The Morgan fingerprint density at radius 2 is 1.94 bits per heavy atom. The van der Waals surface area contributed by atoms with E-state index < -0.39 is 9.84 Å². The number of carbonyl (C=O) groups is 1. The zero-order chi connectivity index (χ0) is 12.5. The predicted octanol–water partition coefficient (Wildman–Crippen LogP) is 1.31. The zero-order valence-electron chi connectivity index (χ0n) is 9.55. The zero-order valence-corrected chi connectivity index (χ0v) is 10.4. The van der Waals surface area contributed by atoms with Gasteiger partial charge in [0.1, 0.15) is 0 Å². The lowest BCUT2D eigenvalue weighted by Crippen LogP contribution is -2.14. The van der Waals surface area contributed by atoms with E-state index in [1.807, 2.05) is 0 Å². The molecular weight excluding hydrogens is 240 g/mol. The SMILES string of the molecule is CS(=O)(=O)c1ccc(C(=O)C2CCOC2)cc1. The van der Waals surface area contributed by atoms with Crippen LogP contribution in [-0.4, -0.2) is 33.7 Å². The first-order valence-corrected chi connectivity index (χ1v) is 7.30. The van der Waals surface area contributed by atoms with Crippen molar-refractivity contribution in [1.82, 2.24) is 0 Å². The number of sulfone groups is 1. The highest BCUT2D eigenvalue weighted by Crippen LogP contribution is 2.19. The summed E-state index contributed by atoms with van der Waals surface area (Å²) in [5.41, 5.74) is 0.549. The van der Waals surface area contributed by atoms with Crippen molar-refractivity contribution >= 4 is 15.6 Å². The van der Waals surface area contributed by atoms with Crippen LogP contribution in [0.25, 0.3) is 0 Å². The van der Waals surface area contributed by atoms with Gasteiger partial charge in [-0.15, -0.1) is 0 Å². The molecule has 0 aromatic heterocycles. The normalized spacial score (nSPS) is 20.4. The molecule has 1 aromatic carbocycles. The molecule has 1 unspecified atom stereocenters. The van der Waals surface area contributed by atoms with Gasteiger partial charge in [0, 0.05) is 24.3 Å². The lowest BCUT2D eigenvalue weighted by atomic mass is 9.97. The molecule has 1 fully saturated rings. The minimum Gasteiger partial charge on any atom is -0.381 e. The number of carbonyl (C=O) groups excluding carboxylic acids is 1. The number of benzene rings is 1. The third-order valence-electron chi connectivity index (χ3n) is 2.87. The lowest BCUT2D eigenvalue weighted by Gasteiger charge is -2.06. The smallest absolute Gasteiger partial charge is 0.175 e. The van der Waals surface area contributed by atoms with E-state index in [2.05, 4.69) is 0 Å². The van der Waals surface area contributed by atoms with Crippen LogP contribution < -0.4 is 0 Å². The molecule has 0 saturated carbocycles. The second-order valence-electron chi connectivity index (χ2n) is 4.22. The van der Waals surface area contributed by atoms with E-state index in [1.54, 1.807) is 12.1 Å². The summed E-state index contributed by atoms with van der Waals surface area (Å²) in [5.74, 6) is -0.0540. The van der Waals surface area contributed by atoms with E-state index in [9.17, 15) is 13.2 Å².